The van der Waals surface area contributed by atoms with Gasteiger partial charge in [0.15, 0.2) is 5.69 Å². The Morgan fingerprint density at radius 2 is 2.11 bits per heavy atom. The number of nitrogens with zero attached hydrogens (tertiary/aromatic N) is 4. The van der Waals surface area contributed by atoms with Crippen LogP contribution in [0.25, 0.3) is 5.95 Å². The molecule has 5 nitrogen and oxygen atoms in total. The minimum absolute atomic E-state index is 0.118. The molecule has 0 unspecified atom stereocenters. The zero-order valence-electron chi connectivity index (χ0n) is 10.4. The van der Waals surface area contributed by atoms with E-state index in [0.29, 0.717) is 12.2 Å². The number of hydrogen-bond donors (Lipinski definition) is 1. The van der Waals surface area contributed by atoms with Gasteiger partial charge in [-0.25, -0.2) is 14.6 Å². The Kier molecular flexibility index (Phi) is 3.52. The Labute approximate surface area is 107 Å². The second kappa shape index (κ2) is 4.96. The number of aryl methyl sites for hydroxylation is 1. The van der Waals surface area contributed by atoms with Crippen LogP contribution in [0.3, 0.4) is 0 Å². The van der Waals surface area contributed by atoms with Crippen LogP contribution in [0.2, 0.25) is 0 Å². The fourth-order valence-electron chi connectivity index (χ4n) is 1.54. The van der Waals surface area contributed by atoms with Gasteiger partial charge < -0.3 is 5.32 Å². The van der Waals surface area contributed by atoms with Crippen LogP contribution in [-0.4, -0.2) is 26.8 Å². The van der Waals surface area contributed by atoms with E-state index in [1.54, 1.807) is 20.2 Å². The molecule has 102 valence electrons. The van der Waals surface area contributed by atoms with Gasteiger partial charge in [-0.3, -0.25) is 0 Å². The summed E-state index contributed by atoms with van der Waals surface area (Å²) in [6.45, 7) is 2.37. The van der Waals surface area contributed by atoms with Crippen LogP contribution in [0.15, 0.2) is 18.5 Å². The van der Waals surface area contributed by atoms with Gasteiger partial charge in [-0.05, 0) is 20.0 Å². The van der Waals surface area contributed by atoms with E-state index in [1.165, 1.54) is 6.20 Å². The van der Waals surface area contributed by atoms with E-state index in [4.69, 9.17) is 0 Å². The SMILES string of the molecule is CNCc1cnc(-n2ccc(C(F)(F)F)n2)nc1C. The lowest BCUT2D eigenvalue weighted by molar-refractivity contribution is -0.141. The van der Waals surface area contributed by atoms with E-state index in [0.717, 1.165) is 16.3 Å². The fraction of sp³-hybridized carbons (Fsp3) is 0.364. The molecule has 0 amide bonds. The first-order valence-electron chi connectivity index (χ1n) is 5.52. The predicted octanol–water partition coefficient (Wildman–Crippen LogP) is 1.71. The molecule has 0 aromatic carbocycles. The summed E-state index contributed by atoms with van der Waals surface area (Å²) >= 11 is 0. The average Bonchev–Trinajstić information content (AvgIpc) is 2.81. The fourth-order valence-corrected chi connectivity index (χ4v) is 1.54. The molecule has 0 saturated carbocycles. The third-order valence-electron chi connectivity index (χ3n) is 2.52. The summed E-state index contributed by atoms with van der Waals surface area (Å²) < 4.78 is 38.3. The first-order valence-corrected chi connectivity index (χ1v) is 5.52. The Morgan fingerprint density at radius 3 is 2.63 bits per heavy atom. The van der Waals surface area contributed by atoms with Crippen molar-refractivity contribution < 1.29 is 13.2 Å². The average molecular weight is 271 g/mol. The van der Waals surface area contributed by atoms with Crippen molar-refractivity contribution in [1.82, 2.24) is 25.1 Å². The third-order valence-corrected chi connectivity index (χ3v) is 2.52. The summed E-state index contributed by atoms with van der Waals surface area (Å²) in [7, 11) is 1.79. The molecule has 0 radical (unpaired) electrons. The van der Waals surface area contributed by atoms with E-state index in [1.807, 2.05) is 0 Å². The number of nitrogens with one attached hydrogen (secondary N) is 1. The Balaban J connectivity index is 2.32. The molecule has 2 aromatic rings. The summed E-state index contributed by atoms with van der Waals surface area (Å²) in [6.07, 6.45) is -1.70. The molecule has 0 aliphatic rings. The van der Waals surface area contributed by atoms with Crippen LogP contribution in [0.4, 0.5) is 13.2 Å². The molecule has 0 fully saturated rings. The number of hydrogen-bond acceptors (Lipinski definition) is 4. The maximum absolute atomic E-state index is 12.4. The molecule has 0 bridgehead atoms. The van der Waals surface area contributed by atoms with Gasteiger partial charge in [0, 0.05) is 30.2 Å². The van der Waals surface area contributed by atoms with Gasteiger partial charge in [-0.2, -0.15) is 18.3 Å². The van der Waals surface area contributed by atoms with Crippen molar-refractivity contribution in [3.05, 3.63) is 35.4 Å². The van der Waals surface area contributed by atoms with Crippen molar-refractivity contribution in [3.8, 4) is 5.95 Å². The molecular weight excluding hydrogens is 259 g/mol. The van der Waals surface area contributed by atoms with Gasteiger partial charge in [0.05, 0.1) is 0 Å². The van der Waals surface area contributed by atoms with Gasteiger partial charge >= 0.3 is 6.18 Å². The van der Waals surface area contributed by atoms with Gasteiger partial charge in [0.25, 0.3) is 5.95 Å². The highest BCUT2D eigenvalue weighted by Gasteiger charge is 2.33. The highest BCUT2D eigenvalue weighted by molar-refractivity contribution is 5.22. The minimum atomic E-state index is -4.47. The van der Waals surface area contributed by atoms with Crippen LogP contribution < -0.4 is 5.32 Å². The Morgan fingerprint density at radius 1 is 1.37 bits per heavy atom. The maximum atomic E-state index is 12.4. The number of rotatable bonds is 3. The highest BCUT2D eigenvalue weighted by atomic mass is 19.4. The van der Waals surface area contributed by atoms with Crippen molar-refractivity contribution >= 4 is 0 Å². The van der Waals surface area contributed by atoms with Crippen LogP contribution in [-0.2, 0) is 12.7 Å². The van der Waals surface area contributed by atoms with Gasteiger partial charge in [0.2, 0.25) is 0 Å². The van der Waals surface area contributed by atoms with Gasteiger partial charge in [-0.1, -0.05) is 0 Å². The molecule has 2 heterocycles. The standard InChI is InChI=1S/C11H12F3N5/c1-7-8(5-15-2)6-16-10(17-7)19-4-3-9(18-19)11(12,13)14/h3-4,6,15H,5H2,1-2H3. The van der Waals surface area contributed by atoms with E-state index >= 15 is 0 Å². The summed E-state index contributed by atoms with van der Waals surface area (Å²) in [6, 6.07) is 0.889. The summed E-state index contributed by atoms with van der Waals surface area (Å²) in [5.74, 6) is 0.118. The lowest BCUT2D eigenvalue weighted by Crippen LogP contribution is -2.12. The topological polar surface area (TPSA) is 55.6 Å². The minimum Gasteiger partial charge on any atom is -0.316 e. The molecule has 19 heavy (non-hydrogen) atoms. The molecular formula is C11H12F3N5. The molecule has 2 aromatic heterocycles. The predicted molar refractivity (Wildman–Crippen MR) is 61.7 cm³/mol. The van der Waals surface area contributed by atoms with Crippen LogP contribution in [0, 0.1) is 6.92 Å². The van der Waals surface area contributed by atoms with Crippen molar-refractivity contribution in [1.29, 1.82) is 0 Å². The molecule has 0 aliphatic heterocycles. The zero-order chi connectivity index (χ0) is 14.0. The number of halogens is 3. The van der Waals surface area contributed by atoms with Crippen LogP contribution >= 0.6 is 0 Å². The lowest BCUT2D eigenvalue weighted by Gasteiger charge is -2.06. The van der Waals surface area contributed by atoms with E-state index in [9.17, 15) is 13.2 Å². The van der Waals surface area contributed by atoms with Crippen molar-refractivity contribution in [3.63, 3.8) is 0 Å². The van der Waals surface area contributed by atoms with Gasteiger partial charge in [-0.15, -0.1) is 0 Å². The van der Waals surface area contributed by atoms with Crippen LogP contribution in [0.5, 0.6) is 0 Å². The first-order chi connectivity index (χ1) is 8.91. The third kappa shape index (κ3) is 2.90. The van der Waals surface area contributed by atoms with Crippen molar-refractivity contribution in [2.45, 2.75) is 19.6 Å². The zero-order valence-corrected chi connectivity index (χ0v) is 10.4. The summed E-state index contributed by atoms with van der Waals surface area (Å²) in [5.41, 5.74) is 0.617. The van der Waals surface area contributed by atoms with E-state index in [2.05, 4.69) is 20.4 Å². The van der Waals surface area contributed by atoms with Crippen molar-refractivity contribution in [2.75, 3.05) is 7.05 Å². The largest absolute Gasteiger partial charge is 0.435 e. The molecule has 2 rings (SSSR count). The molecule has 0 aliphatic carbocycles. The summed E-state index contributed by atoms with van der Waals surface area (Å²) in [4.78, 5) is 8.15. The smallest absolute Gasteiger partial charge is 0.316 e. The van der Waals surface area contributed by atoms with Crippen molar-refractivity contribution in [2.24, 2.45) is 0 Å². The number of alkyl halides is 3. The Hall–Kier alpha value is -1.96. The molecule has 8 heteroatoms. The lowest BCUT2D eigenvalue weighted by atomic mass is 10.2. The monoisotopic (exact) mass is 271 g/mol. The second-order valence-corrected chi connectivity index (χ2v) is 3.95. The molecule has 0 spiro atoms. The Bertz CT molecular complexity index is 576. The summed E-state index contributed by atoms with van der Waals surface area (Å²) in [5, 5.41) is 6.38. The first kappa shape index (κ1) is 13.5. The maximum Gasteiger partial charge on any atom is 0.435 e. The van der Waals surface area contributed by atoms with E-state index in [-0.39, 0.29) is 5.95 Å². The van der Waals surface area contributed by atoms with Gasteiger partial charge in [0.1, 0.15) is 0 Å². The molecule has 1 N–H and O–H groups in total. The highest BCUT2D eigenvalue weighted by Crippen LogP contribution is 2.27. The molecule has 0 atom stereocenters. The number of aromatic nitrogens is 4. The second-order valence-electron chi connectivity index (χ2n) is 3.95. The quantitative estimate of drug-likeness (QED) is 0.923. The van der Waals surface area contributed by atoms with Crippen LogP contribution in [0.1, 0.15) is 17.0 Å². The normalized spacial score (nSPS) is 11.8. The van der Waals surface area contributed by atoms with E-state index < -0.39 is 11.9 Å². The molecule has 0 saturated heterocycles.